The van der Waals surface area contributed by atoms with Crippen LogP contribution < -0.4 is 5.32 Å². The number of Topliss-reactive ketones (excluding diaryl/α,β-unsaturated/α-hetero) is 1. The summed E-state index contributed by atoms with van der Waals surface area (Å²) in [5, 5.41) is 3.07. The molecule has 2 aliphatic heterocycles. The third-order valence-corrected chi connectivity index (χ3v) is 5.75. The molecule has 2 atom stereocenters. The number of halogens is 1. The Balaban J connectivity index is 1.91. The number of hydrogen-bond acceptors (Lipinski definition) is 4. The van der Waals surface area contributed by atoms with E-state index in [9.17, 15) is 19.2 Å². The number of carbonyl (C=O) groups excluding carboxylic acids is 4. The monoisotopic (exact) mass is 378 g/mol. The largest absolute Gasteiger partial charge is 0.330 e. The number of ketones is 1. The number of likely N-dealkylation sites (N-methyl/N-ethyl adjacent to an activating group) is 2. The molecule has 3 rings (SSSR count). The first-order valence-corrected chi connectivity index (χ1v) is 8.37. The van der Waals surface area contributed by atoms with Crippen LogP contribution in [0.4, 0.5) is 9.59 Å². The maximum absolute atomic E-state index is 12.8. The predicted molar refractivity (Wildman–Crippen MR) is 93.5 cm³/mol. The lowest BCUT2D eigenvalue weighted by molar-refractivity contribution is -0.132. The van der Waals surface area contributed by atoms with E-state index >= 15 is 0 Å². The third kappa shape index (κ3) is 2.21. The lowest BCUT2D eigenvalue weighted by atomic mass is 9.96. The van der Waals surface area contributed by atoms with Crippen LogP contribution in [-0.4, -0.2) is 63.9 Å². The quantitative estimate of drug-likeness (QED) is 0.642. The Hall–Kier alpha value is -2.61. The van der Waals surface area contributed by atoms with Crippen molar-refractivity contribution in [2.75, 3.05) is 14.1 Å². The van der Waals surface area contributed by atoms with Crippen LogP contribution in [-0.2, 0) is 4.79 Å². The van der Waals surface area contributed by atoms with Crippen LogP contribution in [0.5, 0.6) is 0 Å². The first-order valence-electron chi connectivity index (χ1n) is 7.99. The number of hydrogen-bond donors (Lipinski definition) is 1. The van der Waals surface area contributed by atoms with Crippen LogP contribution in [0.15, 0.2) is 24.3 Å². The minimum Gasteiger partial charge on any atom is -0.311 e. The highest BCUT2D eigenvalue weighted by Crippen LogP contribution is 2.44. The van der Waals surface area contributed by atoms with Crippen molar-refractivity contribution in [3.63, 3.8) is 0 Å². The molecule has 0 bridgehead atoms. The van der Waals surface area contributed by atoms with Crippen molar-refractivity contribution in [1.29, 1.82) is 0 Å². The second-order valence-corrected chi connectivity index (χ2v) is 7.20. The summed E-state index contributed by atoms with van der Waals surface area (Å²) in [4.78, 5) is 53.8. The Morgan fingerprint density at radius 3 is 2.42 bits per heavy atom. The Labute approximate surface area is 155 Å². The van der Waals surface area contributed by atoms with Crippen LogP contribution in [0, 0.1) is 0 Å². The molecule has 2 saturated heterocycles. The summed E-state index contributed by atoms with van der Waals surface area (Å²) in [6, 6.07) is 5.26. The lowest BCUT2D eigenvalue weighted by Crippen LogP contribution is -2.64. The fourth-order valence-electron chi connectivity index (χ4n) is 3.62. The zero-order valence-electron chi connectivity index (χ0n) is 14.9. The molecule has 1 aromatic carbocycles. The van der Waals surface area contributed by atoms with Crippen molar-refractivity contribution >= 4 is 35.4 Å². The van der Waals surface area contributed by atoms with Crippen LogP contribution >= 0.6 is 11.6 Å². The molecule has 0 aliphatic carbocycles. The van der Waals surface area contributed by atoms with Gasteiger partial charge >= 0.3 is 12.1 Å². The molecule has 0 radical (unpaired) electrons. The van der Waals surface area contributed by atoms with Crippen LogP contribution in [0.1, 0.15) is 30.6 Å². The van der Waals surface area contributed by atoms with E-state index in [-0.39, 0.29) is 5.56 Å². The fraction of sp³-hybridized carbons (Fsp3) is 0.412. The van der Waals surface area contributed by atoms with Gasteiger partial charge in [0, 0.05) is 24.7 Å². The van der Waals surface area contributed by atoms with Crippen molar-refractivity contribution in [1.82, 2.24) is 20.0 Å². The Morgan fingerprint density at radius 2 is 1.81 bits per heavy atom. The molecule has 138 valence electrons. The van der Waals surface area contributed by atoms with E-state index < -0.39 is 41.5 Å². The smallest absolute Gasteiger partial charge is 0.311 e. The van der Waals surface area contributed by atoms with Crippen LogP contribution in [0.25, 0.3) is 0 Å². The third-order valence-electron chi connectivity index (χ3n) is 5.52. The second kappa shape index (κ2) is 5.70. The average molecular weight is 379 g/mol. The van der Waals surface area contributed by atoms with Crippen molar-refractivity contribution < 1.29 is 19.2 Å². The minimum atomic E-state index is -1.30. The van der Waals surface area contributed by atoms with E-state index in [1.54, 1.807) is 39.1 Å². The molecule has 0 spiro atoms. The zero-order valence-corrected chi connectivity index (χ0v) is 15.6. The van der Waals surface area contributed by atoms with Crippen molar-refractivity contribution in [2.45, 2.75) is 31.6 Å². The van der Waals surface area contributed by atoms with Gasteiger partial charge < -0.3 is 15.1 Å². The number of nitrogens with one attached hydrogen (secondary N) is 1. The Bertz CT molecular complexity index is 844. The lowest BCUT2D eigenvalue weighted by Gasteiger charge is -2.40. The van der Waals surface area contributed by atoms with E-state index in [4.69, 9.17) is 11.6 Å². The van der Waals surface area contributed by atoms with Crippen LogP contribution in [0.3, 0.4) is 0 Å². The van der Waals surface area contributed by atoms with Gasteiger partial charge in [0.25, 0.3) is 0 Å². The van der Waals surface area contributed by atoms with Crippen molar-refractivity contribution in [3.8, 4) is 0 Å². The Morgan fingerprint density at radius 1 is 1.15 bits per heavy atom. The molecule has 2 aliphatic rings. The highest BCUT2D eigenvalue weighted by atomic mass is 35.5. The highest BCUT2D eigenvalue weighted by Gasteiger charge is 2.70. The van der Waals surface area contributed by atoms with Gasteiger partial charge in [-0.2, -0.15) is 0 Å². The van der Waals surface area contributed by atoms with E-state index in [1.807, 2.05) is 0 Å². The first-order chi connectivity index (χ1) is 12.0. The molecular formula is C17H19ClN4O4. The number of amides is 5. The highest BCUT2D eigenvalue weighted by molar-refractivity contribution is 6.31. The molecule has 1 N–H and O–H groups in total. The van der Waals surface area contributed by atoms with Gasteiger partial charge in [0.2, 0.25) is 5.91 Å². The van der Waals surface area contributed by atoms with Gasteiger partial charge in [0.1, 0.15) is 0 Å². The van der Waals surface area contributed by atoms with Crippen molar-refractivity contribution in [2.24, 2.45) is 0 Å². The second-order valence-electron chi connectivity index (χ2n) is 6.76. The van der Waals surface area contributed by atoms with Gasteiger partial charge in [0.15, 0.2) is 17.1 Å². The normalized spacial score (nSPS) is 27.7. The van der Waals surface area contributed by atoms with Crippen molar-refractivity contribution in [3.05, 3.63) is 34.9 Å². The van der Waals surface area contributed by atoms with E-state index in [1.165, 1.54) is 22.9 Å². The molecule has 5 amide bonds. The summed E-state index contributed by atoms with van der Waals surface area (Å²) >= 11 is 5.88. The number of nitrogens with zero attached hydrogens (tertiary/aromatic N) is 3. The standard InChI is InChI=1S/C17H19ClN4O4/c1-16-17(2,20(3)14(25)19-16)21(4)15(26)22(16)13(24)9-12(23)10-6-5-7-11(18)8-10/h5-8H,9H2,1-4H3,(H,19,25)/t16-,17+/m1/s1. The van der Waals surface area contributed by atoms with Gasteiger partial charge in [-0.1, -0.05) is 23.7 Å². The molecule has 2 fully saturated rings. The summed E-state index contributed by atoms with van der Waals surface area (Å²) in [5.41, 5.74) is -2.09. The number of benzene rings is 1. The topological polar surface area (TPSA) is 90.0 Å². The molecule has 1 aromatic rings. The van der Waals surface area contributed by atoms with Crippen LogP contribution in [0.2, 0.25) is 5.02 Å². The van der Waals surface area contributed by atoms with Gasteiger partial charge in [-0.3, -0.25) is 9.59 Å². The van der Waals surface area contributed by atoms with E-state index in [0.29, 0.717) is 5.02 Å². The maximum Gasteiger partial charge on any atom is 0.330 e. The number of imide groups is 1. The summed E-state index contributed by atoms with van der Waals surface area (Å²) in [6.07, 6.45) is -0.509. The van der Waals surface area contributed by atoms with E-state index in [2.05, 4.69) is 5.32 Å². The van der Waals surface area contributed by atoms with Gasteiger partial charge in [-0.25, -0.2) is 14.5 Å². The van der Waals surface area contributed by atoms with E-state index in [0.717, 1.165) is 4.90 Å². The minimum absolute atomic E-state index is 0.284. The number of carbonyl (C=O) groups is 4. The molecule has 0 unspecified atom stereocenters. The predicted octanol–water partition coefficient (Wildman–Crippen LogP) is 1.89. The fourth-order valence-corrected chi connectivity index (χ4v) is 3.81. The maximum atomic E-state index is 12.8. The average Bonchev–Trinajstić information content (AvgIpc) is 2.84. The number of urea groups is 2. The summed E-state index contributed by atoms with van der Waals surface area (Å²) in [7, 11) is 3.07. The molecular weight excluding hydrogens is 360 g/mol. The summed E-state index contributed by atoms with van der Waals surface area (Å²) in [6.45, 7) is 3.28. The molecule has 2 heterocycles. The van der Waals surface area contributed by atoms with Gasteiger partial charge in [0.05, 0.1) is 6.42 Å². The molecule has 0 aromatic heterocycles. The first kappa shape index (κ1) is 18.2. The molecule has 9 heteroatoms. The molecule has 0 saturated carbocycles. The van der Waals surface area contributed by atoms with Gasteiger partial charge in [-0.15, -0.1) is 0 Å². The summed E-state index contributed by atoms with van der Waals surface area (Å²) < 4.78 is 0. The number of rotatable bonds is 3. The van der Waals surface area contributed by atoms with Gasteiger partial charge in [-0.05, 0) is 26.0 Å². The summed E-state index contributed by atoms with van der Waals surface area (Å²) in [5.74, 6) is -1.14. The number of fused-ring (bicyclic) bond motifs is 1. The Kier molecular flexibility index (Phi) is 3.99. The SMILES string of the molecule is CN1C(=O)N[C@]2(C)N(C(=O)CC(=O)c3cccc(Cl)c3)C(=O)N(C)[C@]12C. The molecule has 8 nitrogen and oxygen atoms in total. The zero-order chi connectivity index (χ0) is 19.4. The molecule has 26 heavy (non-hydrogen) atoms.